The number of Topliss-reactive ketones (excluding diaryl/α,β-unsaturated/α-hetero) is 1. The molecular formula is C35H43N5O5. The molecule has 0 aliphatic carbocycles. The molecule has 2 saturated heterocycles. The third-order valence-corrected chi connectivity index (χ3v) is 8.19. The monoisotopic (exact) mass is 613 g/mol. The molecule has 0 bridgehead atoms. The molecule has 3 aromatic rings. The largest absolute Gasteiger partial charge is 0.447 e. The third-order valence-electron chi connectivity index (χ3n) is 8.19. The number of likely N-dealkylation sites (tertiary alicyclic amines) is 1. The Morgan fingerprint density at radius 2 is 1.60 bits per heavy atom. The average molecular weight is 614 g/mol. The number of hydrogen-bond acceptors (Lipinski definition) is 8. The van der Waals surface area contributed by atoms with Crippen molar-refractivity contribution in [3.63, 3.8) is 0 Å². The van der Waals surface area contributed by atoms with Gasteiger partial charge in [0.15, 0.2) is 5.78 Å². The fraction of sp³-hybridized carbons (Fsp3) is 0.400. The van der Waals surface area contributed by atoms with Crippen molar-refractivity contribution in [2.45, 2.75) is 38.2 Å². The minimum Gasteiger partial charge on any atom is -0.447 e. The number of aliphatic hydroxyl groups excluding tert-OH is 1. The fourth-order valence-electron chi connectivity index (χ4n) is 5.79. The van der Waals surface area contributed by atoms with Gasteiger partial charge in [-0.1, -0.05) is 67.1 Å². The van der Waals surface area contributed by atoms with E-state index in [-0.39, 0.29) is 37.5 Å². The van der Waals surface area contributed by atoms with Gasteiger partial charge in [0.25, 0.3) is 0 Å². The van der Waals surface area contributed by atoms with Crippen LogP contribution in [-0.4, -0.2) is 91.3 Å². The van der Waals surface area contributed by atoms with Gasteiger partial charge in [-0.25, -0.2) is 14.8 Å². The minimum atomic E-state index is -0.447. The Morgan fingerprint density at radius 1 is 0.867 bits per heavy atom. The first-order valence-electron chi connectivity index (χ1n) is 15.9. The Morgan fingerprint density at radius 3 is 2.38 bits per heavy atom. The van der Waals surface area contributed by atoms with E-state index in [0.717, 1.165) is 49.2 Å². The zero-order chi connectivity index (χ0) is 31.4. The van der Waals surface area contributed by atoms with E-state index in [1.807, 2.05) is 59.5 Å². The smallest absolute Gasteiger partial charge is 0.429 e. The molecule has 0 spiro atoms. The molecule has 45 heavy (non-hydrogen) atoms. The van der Waals surface area contributed by atoms with Crippen LogP contribution in [0.3, 0.4) is 0 Å². The highest BCUT2D eigenvalue weighted by Gasteiger charge is 2.28. The van der Waals surface area contributed by atoms with Crippen molar-refractivity contribution < 1.29 is 24.2 Å². The predicted octanol–water partition coefficient (Wildman–Crippen LogP) is 4.57. The van der Waals surface area contributed by atoms with Crippen LogP contribution >= 0.6 is 0 Å². The van der Waals surface area contributed by atoms with Crippen LogP contribution in [0.2, 0.25) is 0 Å². The van der Waals surface area contributed by atoms with E-state index in [4.69, 9.17) is 4.74 Å². The quantitative estimate of drug-likeness (QED) is 0.201. The summed E-state index contributed by atoms with van der Waals surface area (Å²) in [5.74, 6) is -0.282. The number of nitrogens with zero attached hydrogens (tertiary/aromatic N) is 3. The highest BCUT2D eigenvalue weighted by Crippen LogP contribution is 2.33. The molecule has 0 unspecified atom stereocenters. The number of piperidine rings is 2. The van der Waals surface area contributed by atoms with Crippen molar-refractivity contribution >= 4 is 29.2 Å². The van der Waals surface area contributed by atoms with Gasteiger partial charge in [0.2, 0.25) is 5.91 Å². The number of anilines is 2. The van der Waals surface area contributed by atoms with Crippen molar-refractivity contribution in [3.05, 3.63) is 84.4 Å². The van der Waals surface area contributed by atoms with Crippen molar-refractivity contribution in [2.24, 2.45) is 0 Å². The number of para-hydroxylation sites is 1. The van der Waals surface area contributed by atoms with Gasteiger partial charge in [0.05, 0.1) is 24.9 Å². The molecule has 2 fully saturated rings. The van der Waals surface area contributed by atoms with Crippen LogP contribution < -0.4 is 15.6 Å². The summed E-state index contributed by atoms with van der Waals surface area (Å²) in [6.45, 7) is 3.65. The van der Waals surface area contributed by atoms with Crippen LogP contribution in [0, 0.1) is 0 Å². The lowest BCUT2D eigenvalue weighted by Gasteiger charge is -2.37. The first-order chi connectivity index (χ1) is 22.0. The van der Waals surface area contributed by atoms with E-state index in [1.54, 1.807) is 29.3 Å². The molecule has 10 nitrogen and oxygen atoms in total. The van der Waals surface area contributed by atoms with E-state index >= 15 is 0 Å². The summed E-state index contributed by atoms with van der Waals surface area (Å²) in [5.41, 5.74) is 3.79. The lowest BCUT2D eigenvalue weighted by Crippen LogP contribution is -2.50. The van der Waals surface area contributed by atoms with Crippen LogP contribution in [0.15, 0.2) is 78.9 Å². The zero-order valence-corrected chi connectivity index (χ0v) is 25.7. The fourth-order valence-corrected chi connectivity index (χ4v) is 5.79. The summed E-state index contributed by atoms with van der Waals surface area (Å²) in [5, 5.41) is 19.3. The van der Waals surface area contributed by atoms with Gasteiger partial charge < -0.3 is 20.5 Å². The zero-order valence-electron chi connectivity index (χ0n) is 25.7. The summed E-state index contributed by atoms with van der Waals surface area (Å²) in [6, 6.07) is 24.8. The molecule has 3 N–H and O–H groups in total. The van der Waals surface area contributed by atoms with Crippen LogP contribution in [0.1, 0.15) is 42.5 Å². The second-order valence-electron chi connectivity index (χ2n) is 11.6. The number of hydrogen-bond donors (Lipinski definition) is 3. The number of carbonyl (C=O) groups is 3. The van der Waals surface area contributed by atoms with E-state index in [2.05, 4.69) is 15.6 Å². The van der Waals surface area contributed by atoms with Gasteiger partial charge in [-0.15, -0.1) is 0 Å². The molecular weight excluding hydrogens is 570 g/mol. The van der Waals surface area contributed by atoms with E-state index in [9.17, 15) is 19.5 Å². The van der Waals surface area contributed by atoms with Crippen LogP contribution in [0.4, 0.5) is 16.2 Å². The summed E-state index contributed by atoms with van der Waals surface area (Å²) in [6.07, 6.45) is 3.76. The number of nitrogens with one attached hydrogen (secondary N) is 2. The molecule has 0 saturated carbocycles. The highest BCUT2D eigenvalue weighted by atomic mass is 16.6. The SMILES string of the molecule is O=C(CN1CCC(O)CC1)Nc1cccc(C(=O)CNCCOC(=O)N(c2ccccc2-c2ccccc2)N2CCCCC2)c1. The second-order valence-corrected chi connectivity index (χ2v) is 11.6. The van der Waals surface area contributed by atoms with Crippen molar-refractivity contribution in [1.29, 1.82) is 0 Å². The minimum absolute atomic E-state index is 0.0672. The maximum Gasteiger partial charge on any atom is 0.429 e. The Bertz CT molecular complexity index is 1420. The molecule has 5 rings (SSSR count). The number of hydrazine groups is 1. The first kappa shape index (κ1) is 32.3. The molecule has 0 radical (unpaired) electrons. The van der Waals surface area contributed by atoms with E-state index in [0.29, 0.717) is 43.7 Å². The Hall–Kier alpha value is -4.09. The predicted molar refractivity (Wildman–Crippen MR) is 175 cm³/mol. The topological polar surface area (TPSA) is 114 Å². The lowest BCUT2D eigenvalue weighted by atomic mass is 10.0. The van der Waals surface area contributed by atoms with Crippen molar-refractivity contribution in [2.75, 3.05) is 62.7 Å². The second kappa shape index (κ2) is 16.3. The van der Waals surface area contributed by atoms with Crippen LogP contribution in [0.25, 0.3) is 11.1 Å². The van der Waals surface area contributed by atoms with E-state index < -0.39 is 6.09 Å². The average Bonchev–Trinajstić information content (AvgIpc) is 3.07. The lowest BCUT2D eigenvalue weighted by molar-refractivity contribution is -0.117. The molecule has 0 atom stereocenters. The van der Waals surface area contributed by atoms with Gasteiger partial charge >= 0.3 is 6.09 Å². The molecule has 2 aliphatic heterocycles. The molecule has 238 valence electrons. The Kier molecular flexibility index (Phi) is 11.7. The molecule has 2 aliphatic rings. The standard InChI is InChI=1S/C35H43N5O5/c41-30-16-21-38(22-17-30)26-34(43)37-29-13-9-12-28(24-29)33(42)25-36-18-23-45-35(44)40(39-19-7-2-8-20-39)32-15-6-5-14-31(32)27-10-3-1-4-11-27/h1,3-6,9-15,24,30,36,41H,2,7-8,16-23,25-26H2,(H,37,43). The number of amides is 2. The van der Waals surface area contributed by atoms with Gasteiger partial charge in [-0.05, 0) is 49.4 Å². The molecule has 2 heterocycles. The van der Waals surface area contributed by atoms with Crippen molar-refractivity contribution in [3.8, 4) is 11.1 Å². The van der Waals surface area contributed by atoms with Crippen LogP contribution in [-0.2, 0) is 9.53 Å². The maximum atomic E-state index is 13.5. The molecule has 3 aromatic carbocycles. The molecule has 0 aromatic heterocycles. The number of ketones is 1. The first-order valence-corrected chi connectivity index (χ1v) is 15.9. The number of benzene rings is 3. The summed E-state index contributed by atoms with van der Waals surface area (Å²) < 4.78 is 5.73. The van der Waals surface area contributed by atoms with Gasteiger partial charge in [-0.2, -0.15) is 0 Å². The number of rotatable bonds is 12. The normalized spacial score (nSPS) is 16.2. The summed E-state index contributed by atoms with van der Waals surface area (Å²) >= 11 is 0. The Labute approximate surface area is 264 Å². The van der Waals surface area contributed by atoms with Gasteiger partial charge in [0.1, 0.15) is 6.61 Å². The Balaban J connectivity index is 1.12. The van der Waals surface area contributed by atoms with Gasteiger partial charge in [0, 0.05) is 49.5 Å². The summed E-state index contributed by atoms with van der Waals surface area (Å²) in [4.78, 5) is 40.9. The number of aliphatic hydroxyl groups is 1. The maximum absolute atomic E-state index is 13.5. The number of carbonyl (C=O) groups excluding carboxylic acids is 3. The molecule has 10 heteroatoms. The summed E-state index contributed by atoms with van der Waals surface area (Å²) in [7, 11) is 0. The van der Waals surface area contributed by atoms with Crippen LogP contribution in [0.5, 0.6) is 0 Å². The molecule has 2 amide bonds. The van der Waals surface area contributed by atoms with Crippen molar-refractivity contribution in [1.82, 2.24) is 15.2 Å². The van der Waals surface area contributed by atoms with Gasteiger partial charge in [-0.3, -0.25) is 14.5 Å². The van der Waals surface area contributed by atoms with E-state index in [1.165, 1.54) is 0 Å². The number of ether oxygens (including phenoxy) is 1. The third kappa shape index (κ3) is 9.21. The highest BCUT2D eigenvalue weighted by molar-refractivity contribution is 6.00.